The number of piperidine rings is 1. The number of halogens is 3. The van der Waals surface area contributed by atoms with Crippen LogP contribution in [0.3, 0.4) is 0 Å². The molecule has 1 aromatic rings. The van der Waals surface area contributed by atoms with Crippen molar-refractivity contribution in [2.45, 2.75) is 19.0 Å². The standard InChI is InChI=1S/C8H8F3N3OS/c9-8(10,11)6-12-13-7(16-6)14-3-1-2-5(15)4-14/h1-4H2. The number of ketones is 1. The van der Waals surface area contributed by atoms with Crippen molar-refractivity contribution in [1.29, 1.82) is 0 Å². The SMILES string of the molecule is O=C1CCCN(c2nnc(C(F)(F)F)s2)C1. The highest BCUT2D eigenvalue weighted by molar-refractivity contribution is 7.15. The molecule has 2 heterocycles. The van der Waals surface area contributed by atoms with Gasteiger partial charge >= 0.3 is 6.18 Å². The molecule has 88 valence electrons. The van der Waals surface area contributed by atoms with Crippen LogP contribution in [0.2, 0.25) is 0 Å². The largest absolute Gasteiger partial charge is 0.445 e. The molecule has 0 saturated carbocycles. The first-order valence-corrected chi connectivity index (χ1v) is 5.46. The topological polar surface area (TPSA) is 46.1 Å². The Morgan fingerprint density at radius 3 is 2.62 bits per heavy atom. The number of rotatable bonds is 1. The Balaban J connectivity index is 2.15. The van der Waals surface area contributed by atoms with Crippen LogP contribution in [0.5, 0.6) is 0 Å². The second kappa shape index (κ2) is 4.00. The highest BCUT2D eigenvalue weighted by Gasteiger charge is 2.36. The summed E-state index contributed by atoms with van der Waals surface area (Å²) in [6, 6.07) is 0. The van der Waals surface area contributed by atoms with E-state index in [1.54, 1.807) is 4.90 Å². The normalized spacial score (nSPS) is 17.9. The molecule has 0 radical (unpaired) electrons. The molecule has 0 spiro atoms. The number of alkyl halides is 3. The first-order valence-electron chi connectivity index (χ1n) is 4.64. The van der Waals surface area contributed by atoms with Crippen LogP contribution in [0.15, 0.2) is 0 Å². The third kappa shape index (κ3) is 2.31. The van der Waals surface area contributed by atoms with E-state index in [1.807, 2.05) is 0 Å². The maximum absolute atomic E-state index is 12.3. The van der Waals surface area contributed by atoms with Gasteiger partial charge in [-0.3, -0.25) is 4.79 Å². The molecule has 0 unspecified atom stereocenters. The second-order valence-corrected chi connectivity index (χ2v) is 4.41. The van der Waals surface area contributed by atoms with Crippen molar-refractivity contribution in [2.75, 3.05) is 18.0 Å². The van der Waals surface area contributed by atoms with Gasteiger partial charge in [0.1, 0.15) is 0 Å². The monoisotopic (exact) mass is 251 g/mol. The number of hydrogen-bond donors (Lipinski definition) is 0. The molecule has 1 aliphatic rings. The molecule has 0 bridgehead atoms. The highest BCUT2D eigenvalue weighted by atomic mass is 32.1. The zero-order valence-electron chi connectivity index (χ0n) is 8.12. The van der Waals surface area contributed by atoms with Crippen molar-refractivity contribution in [3.05, 3.63) is 5.01 Å². The lowest BCUT2D eigenvalue weighted by Crippen LogP contribution is -2.35. The van der Waals surface area contributed by atoms with Crippen molar-refractivity contribution in [3.8, 4) is 0 Å². The molecule has 2 rings (SSSR count). The third-order valence-electron chi connectivity index (χ3n) is 2.18. The quantitative estimate of drug-likeness (QED) is 0.762. The van der Waals surface area contributed by atoms with Crippen molar-refractivity contribution < 1.29 is 18.0 Å². The Hall–Kier alpha value is -1.18. The van der Waals surface area contributed by atoms with Gasteiger partial charge in [-0.25, -0.2) is 0 Å². The van der Waals surface area contributed by atoms with Gasteiger partial charge in [-0.05, 0) is 6.42 Å². The van der Waals surface area contributed by atoms with Crippen LogP contribution in [0.1, 0.15) is 17.8 Å². The molecule has 0 amide bonds. The lowest BCUT2D eigenvalue weighted by molar-refractivity contribution is -0.138. The summed E-state index contributed by atoms with van der Waals surface area (Å²) in [5.41, 5.74) is 0. The van der Waals surface area contributed by atoms with Gasteiger partial charge in [0.2, 0.25) is 10.1 Å². The molecule has 0 aliphatic carbocycles. The average molecular weight is 251 g/mol. The van der Waals surface area contributed by atoms with Crippen LogP contribution in [0.25, 0.3) is 0 Å². The number of carbonyl (C=O) groups excluding carboxylic acids is 1. The third-order valence-corrected chi connectivity index (χ3v) is 3.21. The lowest BCUT2D eigenvalue weighted by Gasteiger charge is -2.24. The van der Waals surface area contributed by atoms with Gasteiger partial charge in [0.05, 0.1) is 6.54 Å². The Bertz CT molecular complexity index is 403. The molecule has 1 fully saturated rings. The van der Waals surface area contributed by atoms with Gasteiger partial charge in [-0.15, -0.1) is 10.2 Å². The number of carbonyl (C=O) groups is 1. The molecule has 16 heavy (non-hydrogen) atoms. The number of nitrogens with zero attached hydrogens (tertiary/aromatic N) is 3. The van der Waals surface area contributed by atoms with Gasteiger partial charge in [-0.2, -0.15) is 13.2 Å². The summed E-state index contributed by atoms with van der Waals surface area (Å²) < 4.78 is 36.8. The minimum atomic E-state index is -4.46. The summed E-state index contributed by atoms with van der Waals surface area (Å²) in [5, 5.41) is 5.74. The number of anilines is 1. The molecule has 1 aromatic heterocycles. The van der Waals surface area contributed by atoms with E-state index in [4.69, 9.17) is 0 Å². The van der Waals surface area contributed by atoms with Crippen LogP contribution in [0.4, 0.5) is 18.3 Å². The van der Waals surface area contributed by atoms with Crippen molar-refractivity contribution in [3.63, 3.8) is 0 Å². The summed E-state index contributed by atoms with van der Waals surface area (Å²) in [7, 11) is 0. The number of hydrogen-bond acceptors (Lipinski definition) is 5. The molecular weight excluding hydrogens is 243 g/mol. The zero-order valence-corrected chi connectivity index (χ0v) is 8.94. The van der Waals surface area contributed by atoms with Crippen molar-refractivity contribution in [1.82, 2.24) is 10.2 Å². The summed E-state index contributed by atoms with van der Waals surface area (Å²) in [6.45, 7) is 0.685. The zero-order chi connectivity index (χ0) is 11.8. The molecule has 4 nitrogen and oxygen atoms in total. The van der Waals surface area contributed by atoms with Crippen LogP contribution in [-0.4, -0.2) is 29.1 Å². The van der Waals surface area contributed by atoms with Crippen LogP contribution in [-0.2, 0) is 11.0 Å². The van der Waals surface area contributed by atoms with Gasteiger partial charge < -0.3 is 4.90 Å². The van der Waals surface area contributed by atoms with E-state index in [2.05, 4.69) is 10.2 Å². The van der Waals surface area contributed by atoms with Crippen LogP contribution >= 0.6 is 11.3 Å². The van der Waals surface area contributed by atoms with Crippen LogP contribution in [0, 0.1) is 0 Å². The van der Waals surface area contributed by atoms with E-state index >= 15 is 0 Å². The van der Waals surface area contributed by atoms with E-state index in [-0.39, 0.29) is 17.5 Å². The predicted octanol–water partition coefficient (Wildman–Crippen LogP) is 1.73. The van der Waals surface area contributed by atoms with Gasteiger partial charge in [0.15, 0.2) is 5.78 Å². The molecular formula is C8H8F3N3OS. The maximum atomic E-state index is 12.3. The molecule has 0 aromatic carbocycles. The van der Waals surface area contributed by atoms with E-state index in [1.165, 1.54) is 0 Å². The Morgan fingerprint density at radius 2 is 2.06 bits per heavy atom. The van der Waals surface area contributed by atoms with Gasteiger partial charge in [0, 0.05) is 13.0 Å². The van der Waals surface area contributed by atoms with E-state index < -0.39 is 11.2 Å². The fourth-order valence-corrected chi connectivity index (χ4v) is 2.20. The summed E-state index contributed by atoms with van der Waals surface area (Å²) >= 11 is 0.475. The lowest BCUT2D eigenvalue weighted by atomic mass is 10.1. The van der Waals surface area contributed by atoms with Crippen molar-refractivity contribution in [2.24, 2.45) is 0 Å². The smallest absolute Gasteiger partial charge is 0.339 e. The first kappa shape index (κ1) is 11.3. The second-order valence-electron chi connectivity index (χ2n) is 3.45. The molecule has 0 N–H and O–H groups in total. The van der Waals surface area contributed by atoms with Crippen molar-refractivity contribution >= 4 is 22.3 Å². The van der Waals surface area contributed by atoms with Gasteiger partial charge in [0.25, 0.3) is 0 Å². The minimum absolute atomic E-state index is 0.0232. The van der Waals surface area contributed by atoms with Crippen LogP contribution < -0.4 is 4.90 Å². The predicted molar refractivity (Wildman–Crippen MR) is 51.4 cm³/mol. The average Bonchev–Trinajstić information content (AvgIpc) is 2.65. The molecule has 1 aliphatic heterocycles. The fourth-order valence-electron chi connectivity index (χ4n) is 1.46. The number of aromatic nitrogens is 2. The first-order chi connectivity index (χ1) is 7.47. The summed E-state index contributed by atoms with van der Waals surface area (Å²) in [4.78, 5) is 12.7. The highest BCUT2D eigenvalue weighted by Crippen LogP contribution is 2.34. The Labute approximate surface area is 93.1 Å². The maximum Gasteiger partial charge on any atom is 0.445 e. The Morgan fingerprint density at radius 1 is 1.31 bits per heavy atom. The Kier molecular flexibility index (Phi) is 2.83. The van der Waals surface area contributed by atoms with E-state index in [0.29, 0.717) is 30.7 Å². The van der Waals surface area contributed by atoms with E-state index in [0.717, 1.165) is 0 Å². The molecule has 1 saturated heterocycles. The minimum Gasteiger partial charge on any atom is -0.339 e. The van der Waals surface area contributed by atoms with Gasteiger partial charge in [-0.1, -0.05) is 11.3 Å². The molecule has 0 atom stereocenters. The molecule has 8 heteroatoms. The fraction of sp³-hybridized carbons (Fsp3) is 0.625. The number of Topliss-reactive ketones (excluding diaryl/α,β-unsaturated/α-hetero) is 1. The van der Waals surface area contributed by atoms with E-state index in [9.17, 15) is 18.0 Å². The summed E-state index contributed by atoms with van der Waals surface area (Å²) in [6.07, 6.45) is -3.32. The summed E-state index contributed by atoms with van der Waals surface area (Å²) in [5.74, 6) is 0.0232.